The maximum Gasteiger partial charge on any atom is 0.123 e. The molecule has 0 fully saturated rings. The minimum Gasteiger partial charge on any atom is -0.490 e. The number of ether oxygens (including phenoxy) is 1. The van der Waals surface area contributed by atoms with Crippen molar-refractivity contribution in [2.24, 2.45) is 0 Å². The van der Waals surface area contributed by atoms with Crippen LogP contribution in [-0.4, -0.2) is 6.10 Å². The second-order valence-corrected chi connectivity index (χ2v) is 3.18. The molecule has 1 unspecified atom stereocenters. The summed E-state index contributed by atoms with van der Waals surface area (Å²) in [6.07, 6.45) is 1.44. The van der Waals surface area contributed by atoms with Gasteiger partial charge in [0.05, 0.1) is 0 Å². The summed E-state index contributed by atoms with van der Waals surface area (Å²) in [7, 11) is 0. The Hall–Kier alpha value is -0.980. The third-order valence-electron chi connectivity index (χ3n) is 2.19. The Labute approximate surface area is 94.5 Å². The molecule has 1 nitrogen and oxygen atoms in total. The Balaban J connectivity index is 0.000000442. The van der Waals surface area contributed by atoms with E-state index in [1.807, 2.05) is 39.8 Å². The van der Waals surface area contributed by atoms with E-state index in [1.54, 1.807) is 0 Å². The van der Waals surface area contributed by atoms with Crippen LogP contribution in [0.5, 0.6) is 5.75 Å². The summed E-state index contributed by atoms with van der Waals surface area (Å²) in [6, 6.07) is 6.23. The fraction of sp³-hybridized carbons (Fsp3) is 0.571. The monoisotopic (exact) mass is 208 g/mol. The van der Waals surface area contributed by atoms with Gasteiger partial charge in [-0.15, -0.1) is 0 Å². The minimum absolute atomic E-state index is 0.367. The van der Waals surface area contributed by atoms with E-state index in [0.29, 0.717) is 6.10 Å². The van der Waals surface area contributed by atoms with Crippen molar-refractivity contribution in [3.05, 3.63) is 29.3 Å². The highest BCUT2D eigenvalue weighted by atomic mass is 16.5. The van der Waals surface area contributed by atoms with Gasteiger partial charge in [0, 0.05) is 12.0 Å². The predicted molar refractivity (Wildman–Crippen MR) is 67.7 cm³/mol. The lowest BCUT2D eigenvalue weighted by Gasteiger charge is -2.01. The standard InChI is InChI=1S/C10H12O.2C2H6/c1-7-4-3-5-10-9(7)6-8(2)11-10;2*1-2/h3-5,8H,6H2,1-2H3;2*1-2H3. The van der Waals surface area contributed by atoms with Crippen molar-refractivity contribution >= 4 is 0 Å². The third-order valence-corrected chi connectivity index (χ3v) is 2.19. The highest BCUT2D eigenvalue weighted by molar-refractivity contribution is 5.42. The molecule has 0 aliphatic carbocycles. The van der Waals surface area contributed by atoms with E-state index >= 15 is 0 Å². The average Bonchev–Trinajstić information content (AvgIpc) is 2.66. The summed E-state index contributed by atoms with van der Waals surface area (Å²) >= 11 is 0. The molecule has 1 heteroatoms. The summed E-state index contributed by atoms with van der Waals surface area (Å²) in [6.45, 7) is 12.2. The van der Waals surface area contributed by atoms with Gasteiger partial charge in [0.1, 0.15) is 11.9 Å². The summed E-state index contributed by atoms with van der Waals surface area (Å²) in [5, 5.41) is 0. The smallest absolute Gasteiger partial charge is 0.123 e. The van der Waals surface area contributed by atoms with E-state index < -0.39 is 0 Å². The molecule has 0 saturated carbocycles. The molecule has 1 aromatic carbocycles. The van der Waals surface area contributed by atoms with Gasteiger partial charge in [-0.1, -0.05) is 39.8 Å². The van der Waals surface area contributed by atoms with Gasteiger partial charge >= 0.3 is 0 Å². The minimum atomic E-state index is 0.367. The number of aryl methyl sites for hydroxylation is 1. The molecular weight excluding hydrogens is 184 g/mol. The molecule has 0 aromatic heterocycles. The van der Waals surface area contributed by atoms with Gasteiger partial charge in [0.25, 0.3) is 0 Å². The quantitative estimate of drug-likeness (QED) is 0.615. The second-order valence-electron chi connectivity index (χ2n) is 3.18. The zero-order valence-corrected chi connectivity index (χ0v) is 10.9. The topological polar surface area (TPSA) is 9.23 Å². The lowest BCUT2D eigenvalue weighted by atomic mass is 10.1. The Morgan fingerprint density at radius 1 is 1.13 bits per heavy atom. The second kappa shape index (κ2) is 7.33. The van der Waals surface area contributed by atoms with Gasteiger partial charge in [-0.3, -0.25) is 0 Å². The van der Waals surface area contributed by atoms with Crippen molar-refractivity contribution < 1.29 is 4.74 Å². The van der Waals surface area contributed by atoms with Crippen LogP contribution in [0.25, 0.3) is 0 Å². The average molecular weight is 208 g/mol. The number of hydrogen-bond donors (Lipinski definition) is 0. The van der Waals surface area contributed by atoms with E-state index in [0.717, 1.165) is 12.2 Å². The molecule has 0 spiro atoms. The van der Waals surface area contributed by atoms with Gasteiger partial charge in [-0.25, -0.2) is 0 Å². The summed E-state index contributed by atoms with van der Waals surface area (Å²) < 4.78 is 5.59. The first-order chi connectivity index (χ1) is 7.27. The van der Waals surface area contributed by atoms with Crippen molar-refractivity contribution in [1.29, 1.82) is 0 Å². The summed E-state index contributed by atoms with van der Waals surface area (Å²) in [5.41, 5.74) is 2.74. The Morgan fingerprint density at radius 2 is 1.73 bits per heavy atom. The van der Waals surface area contributed by atoms with E-state index in [2.05, 4.69) is 19.9 Å². The molecule has 15 heavy (non-hydrogen) atoms. The molecule has 1 aromatic rings. The van der Waals surface area contributed by atoms with Crippen LogP contribution in [0.15, 0.2) is 18.2 Å². The first-order valence-electron chi connectivity index (χ1n) is 6.02. The van der Waals surface area contributed by atoms with Crippen LogP contribution in [0.1, 0.15) is 45.7 Å². The fourth-order valence-corrected chi connectivity index (χ4v) is 1.59. The normalized spacial score (nSPS) is 16.3. The van der Waals surface area contributed by atoms with Crippen LogP contribution in [0, 0.1) is 6.92 Å². The van der Waals surface area contributed by atoms with Gasteiger partial charge in [-0.05, 0) is 25.5 Å². The van der Waals surface area contributed by atoms with Gasteiger partial charge in [0.2, 0.25) is 0 Å². The zero-order chi connectivity index (χ0) is 11.8. The van der Waals surface area contributed by atoms with Crippen molar-refractivity contribution in [3.63, 3.8) is 0 Å². The van der Waals surface area contributed by atoms with Gasteiger partial charge < -0.3 is 4.74 Å². The molecular formula is C14H24O. The zero-order valence-electron chi connectivity index (χ0n) is 10.9. The summed E-state index contributed by atoms with van der Waals surface area (Å²) in [5.74, 6) is 1.08. The fourth-order valence-electron chi connectivity index (χ4n) is 1.59. The maximum atomic E-state index is 5.59. The summed E-state index contributed by atoms with van der Waals surface area (Å²) in [4.78, 5) is 0. The van der Waals surface area contributed by atoms with Crippen LogP contribution < -0.4 is 4.74 Å². The van der Waals surface area contributed by atoms with Crippen LogP contribution in [-0.2, 0) is 6.42 Å². The largest absolute Gasteiger partial charge is 0.490 e. The number of hydrogen-bond acceptors (Lipinski definition) is 1. The Bertz CT molecular complexity index is 279. The van der Waals surface area contributed by atoms with Crippen LogP contribution in [0.4, 0.5) is 0 Å². The van der Waals surface area contributed by atoms with E-state index in [-0.39, 0.29) is 0 Å². The lowest BCUT2D eigenvalue weighted by Crippen LogP contribution is -2.05. The first kappa shape index (κ1) is 14.0. The van der Waals surface area contributed by atoms with E-state index in [4.69, 9.17) is 4.74 Å². The predicted octanol–water partition coefficient (Wildman–Crippen LogP) is 4.37. The van der Waals surface area contributed by atoms with Gasteiger partial charge in [-0.2, -0.15) is 0 Å². The molecule has 1 aliphatic heterocycles. The molecule has 1 heterocycles. The first-order valence-corrected chi connectivity index (χ1v) is 6.02. The third kappa shape index (κ3) is 3.58. The molecule has 1 aliphatic rings. The van der Waals surface area contributed by atoms with Crippen LogP contribution >= 0.6 is 0 Å². The Morgan fingerprint density at radius 3 is 2.27 bits per heavy atom. The molecule has 0 saturated heterocycles. The molecule has 2 rings (SSSR count). The molecule has 1 atom stereocenters. The number of benzene rings is 1. The molecule has 0 radical (unpaired) electrons. The van der Waals surface area contributed by atoms with E-state index in [1.165, 1.54) is 11.1 Å². The van der Waals surface area contributed by atoms with Gasteiger partial charge in [0.15, 0.2) is 0 Å². The van der Waals surface area contributed by atoms with Crippen LogP contribution in [0.2, 0.25) is 0 Å². The maximum absolute atomic E-state index is 5.59. The van der Waals surface area contributed by atoms with Crippen molar-refractivity contribution in [2.75, 3.05) is 0 Å². The van der Waals surface area contributed by atoms with Crippen molar-refractivity contribution in [3.8, 4) is 5.75 Å². The highest BCUT2D eigenvalue weighted by Gasteiger charge is 2.19. The lowest BCUT2D eigenvalue weighted by molar-refractivity contribution is 0.254. The highest BCUT2D eigenvalue weighted by Crippen LogP contribution is 2.30. The Kier molecular flexibility index (Phi) is 6.85. The molecule has 0 bridgehead atoms. The van der Waals surface area contributed by atoms with Crippen LogP contribution in [0.3, 0.4) is 0 Å². The van der Waals surface area contributed by atoms with Crippen molar-refractivity contribution in [2.45, 2.75) is 54.1 Å². The number of rotatable bonds is 0. The van der Waals surface area contributed by atoms with E-state index in [9.17, 15) is 0 Å². The van der Waals surface area contributed by atoms with Crippen molar-refractivity contribution in [1.82, 2.24) is 0 Å². The number of fused-ring (bicyclic) bond motifs is 1. The molecule has 0 amide bonds. The molecule has 86 valence electrons. The SMILES string of the molecule is CC.CC.Cc1cccc2c1CC(C)O2. The molecule has 0 N–H and O–H groups in total.